The number of hydrogen-bond donors (Lipinski definition) is 0. The molecular weight excluding hydrogens is 216 g/mol. The molecule has 0 saturated heterocycles. The van der Waals surface area contributed by atoms with Crippen molar-refractivity contribution in [3.8, 4) is 0 Å². The minimum Gasteiger partial charge on any atom is -0.0627 e. The standard InChI is InChI=1S/C18H20/c1-15(14-16-10-6-4-7-11-16)18(2,3)17-12-8-5-9-13-17/h4-14H,1-3H3/b15-14+. The molecule has 0 atom stereocenters. The smallest absolute Gasteiger partial charge is 0.0106 e. The van der Waals surface area contributed by atoms with Crippen LogP contribution < -0.4 is 0 Å². The Morgan fingerprint density at radius 2 is 1.33 bits per heavy atom. The van der Waals surface area contributed by atoms with Gasteiger partial charge in [-0.05, 0) is 18.1 Å². The zero-order valence-corrected chi connectivity index (χ0v) is 11.4. The number of allylic oxidation sites excluding steroid dienone is 1. The molecule has 0 aliphatic heterocycles. The van der Waals surface area contributed by atoms with Gasteiger partial charge in [-0.15, -0.1) is 0 Å². The Bertz CT molecular complexity index is 518. The molecule has 2 aromatic carbocycles. The second kappa shape index (κ2) is 5.22. The summed E-state index contributed by atoms with van der Waals surface area (Å²) in [6.07, 6.45) is 2.27. The van der Waals surface area contributed by atoms with Crippen LogP contribution in [-0.4, -0.2) is 0 Å². The van der Waals surface area contributed by atoms with Crippen molar-refractivity contribution in [1.82, 2.24) is 0 Å². The molecule has 2 rings (SSSR count). The third-order valence-corrected chi connectivity index (χ3v) is 3.66. The Kier molecular flexibility index (Phi) is 3.66. The van der Waals surface area contributed by atoms with Crippen LogP contribution in [0.1, 0.15) is 31.9 Å². The lowest BCUT2D eigenvalue weighted by Gasteiger charge is -2.26. The zero-order chi connectivity index (χ0) is 13.0. The van der Waals surface area contributed by atoms with Gasteiger partial charge in [0, 0.05) is 5.41 Å². The first kappa shape index (κ1) is 12.6. The first-order valence-electron chi connectivity index (χ1n) is 6.40. The van der Waals surface area contributed by atoms with E-state index in [0.717, 1.165) is 0 Å². The van der Waals surface area contributed by atoms with Crippen molar-refractivity contribution in [3.05, 3.63) is 77.4 Å². The van der Waals surface area contributed by atoms with E-state index in [1.807, 2.05) is 0 Å². The zero-order valence-electron chi connectivity index (χ0n) is 11.4. The molecule has 0 aromatic heterocycles. The minimum absolute atomic E-state index is 0.0666. The van der Waals surface area contributed by atoms with Gasteiger partial charge in [0.2, 0.25) is 0 Å². The predicted octanol–water partition coefficient (Wildman–Crippen LogP) is 5.07. The van der Waals surface area contributed by atoms with E-state index in [1.165, 1.54) is 16.7 Å². The molecule has 0 amide bonds. The van der Waals surface area contributed by atoms with E-state index >= 15 is 0 Å². The molecule has 0 heterocycles. The van der Waals surface area contributed by atoms with Crippen LogP contribution in [0.5, 0.6) is 0 Å². The predicted molar refractivity (Wildman–Crippen MR) is 79.6 cm³/mol. The van der Waals surface area contributed by atoms with Crippen molar-refractivity contribution in [2.75, 3.05) is 0 Å². The van der Waals surface area contributed by atoms with Crippen molar-refractivity contribution in [3.63, 3.8) is 0 Å². The third-order valence-electron chi connectivity index (χ3n) is 3.66. The van der Waals surface area contributed by atoms with Gasteiger partial charge in [0.1, 0.15) is 0 Å². The molecule has 0 fully saturated rings. The first-order chi connectivity index (χ1) is 8.60. The van der Waals surface area contributed by atoms with E-state index in [-0.39, 0.29) is 5.41 Å². The summed E-state index contributed by atoms with van der Waals surface area (Å²) >= 11 is 0. The van der Waals surface area contributed by atoms with Crippen molar-refractivity contribution in [2.24, 2.45) is 0 Å². The molecular formula is C18H20. The molecule has 0 spiro atoms. The highest BCUT2D eigenvalue weighted by atomic mass is 14.3. The van der Waals surface area contributed by atoms with E-state index in [0.29, 0.717) is 0 Å². The molecule has 92 valence electrons. The molecule has 0 heteroatoms. The van der Waals surface area contributed by atoms with E-state index in [1.54, 1.807) is 0 Å². The summed E-state index contributed by atoms with van der Waals surface area (Å²) in [6.45, 7) is 6.76. The molecule has 2 aromatic rings. The van der Waals surface area contributed by atoms with Gasteiger partial charge in [-0.1, -0.05) is 86.2 Å². The second-order valence-electron chi connectivity index (χ2n) is 5.23. The van der Waals surface area contributed by atoms with Crippen LogP contribution in [0.15, 0.2) is 66.2 Å². The highest BCUT2D eigenvalue weighted by molar-refractivity contribution is 5.56. The summed E-state index contributed by atoms with van der Waals surface area (Å²) in [5, 5.41) is 0. The Morgan fingerprint density at radius 1 is 0.833 bits per heavy atom. The Hall–Kier alpha value is -1.82. The van der Waals surface area contributed by atoms with E-state index in [9.17, 15) is 0 Å². The van der Waals surface area contributed by atoms with Gasteiger partial charge in [-0.3, -0.25) is 0 Å². The Morgan fingerprint density at radius 3 is 1.89 bits per heavy atom. The van der Waals surface area contributed by atoms with Crippen molar-refractivity contribution in [2.45, 2.75) is 26.2 Å². The second-order valence-corrected chi connectivity index (χ2v) is 5.23. The average molecular weight is 236 g/mol. The molecule has 0 nitrogen and oxygen atoms in total. The summed E-state index contributed by atoms with van der Waals surface area (Å²) in [5.41, 5.74) is 4.06. The summed E-state index contributed by atoms with van der Waals surface area (Å²) in [4.78, 5) is 0. The maximum atomic E-state index is 2.27. The van der Waals surface area contributed by atoms with E-state index in [4.69, 9.17) is 0 Å². The largest absolute Gasteiger partial charge is 0.0627 e. The van der Waals surface area contributed by atoms with Crippen molar-refractivity contribution >= 4 is 6.08 Å². The topological polar surface area (TPSA) is 0 Å². The van der Waals surface area contributed by atoms with Gasteiger partial charge in [-0.2, -0.15) is 0 Å². The van der Waals surface area contributed by atoms with Gasteiger partial charge in [0.25, 0.3) is 0 Å². The number of hydrogen-bond acceptors (Lipinski definition) is 0. The monoisotopic (exact) mass is 236 g/mol. The maximum absolute atomic E-state index is 2.27. The third kappa shape index (κ3) is 2.70. The molecule has 0 unspecified atom stereocenters. The van der Waals surface area contributed by atoms with Crippen LogP contribution in [0.3, 0.4) is 0 Å². The summed E-state index contributed by atoms with van der Waals surface area (Å²) in [6, 6.07) is 21.2. The fraction of sp³-hybridized carbons (Fsp3) is 0.222. The van der Waals surface area contributed by atoms with Gasteiger partial charge >= 0.3 is 0 Å². The normalized spacial score (nSPS) is 12.5. The van der Waals surface area contributed by atoms with E-state index < -0.39 is 0 Å². The van der Waals surface area contributed by atoms with Gasteiger partial charge in [0.15, 0.2) is 0 Å². The highest BCUT2D eigenvalue weighted by Crippen LogP contribution is 2.32. The summed E-state index contributed by atoms with van der Waals surface area (Å²) in [5.74, 6) is 0. The Labute approximate surface area is 110 Å². The lowest BCUT2D eigenvalue weighted by Crippen LogP contribution is -2.18. The highest BCUT2D eigenvalue weighted by Gasteiger charge is 2.21. The number of benzene rings is 2. The Balaban J connectivity index is 2.33. The fourth-order valence-corrected chi connectivity index (χ4v) is 2.06. The molecule has 0 saturated carbocycles. The van der Waals surface area contributed by atoms with Crippen LogP contribution in [0.4, 0.5) is 0 Å². The van der Waals surface area contributed by atoms with Crippen LogP contribution in [0.2, 0.25) is 0 Å². The van der Waals surface area contributed by atoms with Gasteiger partial charge in [-0.25, -0.2) is 0 Å². The molecule has 18 heavy (non-hydrogen) atoms. The number of rotatable bonds is 3. The lowest BCUT2D eigenvalue weighted by molar-refractivity contribution is 0.628. The van der Waals surface area contributed by atoms with Crippen LogP contribution in [-0.2, 0) is 5.41 Å². The van der Waals surface area contributed by atoms with E-state index in [2.05, 4.69) is 87.5 Å². The minimum atomic E-state index is 0.0666. The molecule has 0 aliphatic rings. The fourth-order valence-electron chi connectivity index (χ4n) is 2.06. The molecule has 0 radical (unpaired) electrons. The van der Waals surface area contributed by atoms with Crippen LogP contribution >= 0.6 is 0 Å². The first-order valence-corrected chi connectivity index (χ1v) is 6.40. The lowest BCUT2D eigenvalue weighted by atomic mass is 9.78. The van der Waals surface area contributed by atoms with Gasteiger partial charge in [0.05, 0.1) is 0 Å². The maximum Gasteiger partial charge on any atom is 0.0106 e. The van der Waals surface area contributed by atoms with Crippen LogP contribution in [0, 0.1) is 0 Å². The van der Waals surface area contributed by atoms with Gasteiger partial charge < -0.3 is 0 Å². The quantitative estimate of drug-likeness (QED) is 0.698. The summed E-state index contributed by atoms with van der Waals surface area (Å²) < 4.78 is 0. The van der Waals surface area contributed by atoms with Crippen molar-refractivity contribution in [1.29, 1.82) is 0 Å². The molecule has 0 N–H and O–H groups in total. The van der Waals surface area contributed by atoms with Crippen LogP contribution in [0.25, 0.3) is 6.08 Å². The van der Waals surface area contributed by atoms with Crippen molar-refractivity contribution < 1.29 is 0 Å². The average Bonchev–Trinajstić information content (AvgIpc) is 2.41. The SMILES string of the molecule is C/C(=C\c1ccccc1)C(C)(C)c1ccccc1. The molecule has 0 aliphatic carbocycles. The molecule has 0 bridgehead atoms. The summed E-state index contributed by atoms with van der Waals surface area (Å²) in [7, 11) is 0.